The van der Waals surface area contributed by atoms with Crippen LogP contribution >= 0.6 is 0 Å². The Balaban J connectivity index is 1.00. The number of furan rings is 1. The van der Waals surface area contributed by atoms with E-state index in [1.807, 2.05) is 12.1 Å². The number of hydrogen-bond acceptors (Lipinski definition) is 3. The molecule has 13 aromatic rings. The van der Waals surface area contributed by atoms with Gasteiger partial charge >= 0.3 is 0 Å². The van der Waals surface area contributed by atoms with Crippen molar-refractivity contribution in [2.24, 2.45) is 0 Å². The molecule has 0 amide bonds. The van der Waals surface area contributed by atoms with E-state index in [0.717, 1.165) is 67.2 Å². The van der Waals surface area contributed by atoms with Crippen molar-refractivity contribution in [2.75, 3.05) is 9.80 Å². The first-order valence-corrected chi connectivity index (χ1v) is 22.9. The number of benzene rings is 12. The van der Waals surface area contributed by atoms with Crippen molar-refractivity contribution in [1.29, 1.82) is 0 Å². The van der Waals surface area contributed by atoms with Gasteiger partial charge in [-0.05, 0) is 121 Å². The zero-order chi connectivity index (χ0) is 44.3. The summed E-state index contributed by atoms with van der Waals surface area (Å²) in [6.07, 6.45) is 0. The van der Waals surface area contributed by atoms with Gasteiger partial charge in [0.1, 0.15) is 11.2 Å². The van der Waals surface area contributed by atoms with Crippen LogP contribution in [0.5, 0.6) is 0 Å². The second kappa shape index (κ2) is 16.0. The molecule has 0 fully saturated rings. The van der Waals surface area contributed by atoms with Crippen molar-refractivity contribution in [3.8, 4) is 22.3 Å². The largest absolute Gasteiger partial charge is 0.456 e. The molecule has 67 heavy (non-hydrogen) atoms. The predicted octanol–water partition coefficient (Wildman–Crippen LogP) is 18.5. The second-order valence-electron chi connectivity index (χ2n) is 17.2. The van der Waals surface area contributed by atoms with Crippen molar-refractivity contribution in [3.05, 3.63) is 255 Å². The quantitative estimate of drug-likeness (QED) is 0.142. The van der Waals surface area contributed by atoms with Crippen molar-refractivity contribution >= 4 is 99.2 Å². The van der Waals surface area contributed by atoms with Crippen LogP contribution in [-0.2, 0) is 0 Å². The Morgan fingerprint density at radius 3 is 1.39 bits per heavy atom. The molecule has 0 spiro atoms. The van der Waals surface area contributed by atoms with Gasteiger partial charge in [0.25, 0.3) is 0 Å². The molecule has 13 rings (SSSR count). The molecule has 0 N–H and O–H groups in total. The summed E-state index contributed by atoms with van der Waals surface area (Å²) in [5, 5.41) is 12.0. The van der Waals surface area contributed by atoms with E-state index in [4.69, 9.17) is 4.42 Å². The lowest BCUT2D eigenvalue weighted by atomic mass is 9.90. The van der Waals surface area contributed by atoms with Crippen molar-refractivity contribution in [2.45, 2.75) is 0 Å². The minimum Gasteiger partial charge on any atom is -0.456 e. The molecule has 0 aliphatic rings. The second-order valence-corrected chi connectivity index (χ2v) is 17.2. The average Bonchev–Trinajstić information content (AvgIpc) is 3.78. The summed E-state index contributed by atoms with van der Waals surface area (Å²) < 4.78 is 6.50. The lowest BCUT2D eigenvalue weighted by Crippen LogP contribution is -2.11. The summed E-state index contributed by atoms with van der Waals surface area (Å²) in [7, 11) is 0. The van der Waals surface area contributed by atoms with Crippen LogP contribution in [0.1, 0.15) is 0 Å². The van der Waals surface area contributed by atoms with E-state index in [1.165, 1.54) is 54.2 Å². The number of rotatable bonds is 8. The third kappa shape index (κ3) is 6.51. The molecule has 0 bridgehead atoms. The molecule has 314 valence electrons. The zero-order valence-corrected chi connectivity index (χ0v) is 36.6. The fourth-order valence-electron chi connectivity index (χ4n) is 10.4. The molecular weight excluding hydrogens is 813 g/mol. The van der Waals surface area contributed by atoms with Crippen LogP contribution in [0, 0.1) is 0 Å². The summed E-state index contributed by atoms with van der Waals surface area (Å²) in [6, 6.07) is 91.9. The molecule has 0 unspecified atom stereocenters. The van der Waals surface area contributed by atoms with Gasteiger partial charge in [-0.25, -0.2) is 0 Å². The third-order valence-corrected chi connectivity index (χ3v) is 13.4. The molecule has 3 heteroatoms. The van der Waals surface area contributed by atoms with E-state index in [9.17, 15) is 0 Å². The molecule has 0 aliphatic carbocycles. The number of para-hydroxylation sites is 4. The lowest BCUT2D eigenvalue weighted by molar-refractivity contribution is 0.669. The smallest absolute Gasteiger partial charge is 0.137 e. The Hall–Kier alpha value is -8.92. The maximum absolute atomic E-state index is 6.50. The molecule has 0 saturated heterocycles. The van der Waals surface area contributed by atoms with Gasteiger partial charge in [-0.15, -0.1) is 0 Å². The zero-order valence-electron chi connectivity index (χ0n) is 36.6. The Labute approximate surface area is 388 Å². The molecule has 3 nitrogen and oxygen atoms in total. The van der Waals surface area contributed by atoms with Gasteiger partial charge in [-0.3, -0.25) is 0 Å². The highest BCUT2D eigenvalue weighted by Gasteiger charge is 2.22. The van der Waals surface area contributed by atoms with E-state index in [0.29, 0.717) is 0 Å². The Bertz CT molecular complexity index is 3970. The van der Waals surface area contributed by atoms with Gasteiger partial charge in [-0.1, -0.05) is 182 Å². The summed E-state index contributed by atoms with van der Waals surface area (Å²) in [6.45, 7) is 0. The maximum Gasteiger partial charge on any atom is 0.137 e. The van der Waals surface area contributed by atoms with E-state index in [-0.39, 0.29) is 0 Å². The molecule has 0 atom stereocenters. The first-order valence-electron chi connectivity index (χ1n) is 22.9. The van der Waals surface area contributed by atoms with Gasteiger partial charge in [0.2, 0.25) is 0 Å². The Kier molecular flexibility index (Phi) is 9.17. The third-order valence-electron chi connectivity index (χ3n) is 13.4. The van der Waals surface area contributed by atoms with Crippen molar-refractivity contribution in [3.63, 3.8) is 0 Å². The van der Waals surface area contributed by atoms with E-state index in [2.05, 4.69) is 252 Å². The summed E-state index contributed by atoms with van der Waals surface area (Å²) in [5.74, 6) is 0. The predicted molar refractivity (Wildman–Crippen MR) is 284 cm³/mol. The van der Waals surface area contributed by atoms with E-state index >= 15 is 0 Å². The van der Waals surface area contributed by atoms with Crippen LogP contribution in [-0.4, -0.2) is 0 Å². The maximum atomic E-state index is 6.50. The molecule has 1 aromatic heterocycles. The SMILES string of the molecule is c1ccc(-c2ccccc2N(c2ccccc2)c2ccc3c(ccc4c5ccc(N(c6ccc7c(c6)oc6ccccc67)c6ccccc6-c6ccccc6)cc5c5ccccc5c34)c2)cc1. The van der Waals surface area contributed by atoms with Crippen molar-refractivity contribution < 1.29 is 4.42 Å². The van der Waals surface area contributed by atoms with Crippen LogP contribution in [0.25, 0.3) is 87.3 Å². The standard InChI is InChI=1S/C64H42N2O/c1-4-18-43(19-5-1)50-24-12-15-29-60(50)65(46-22-8-3-9-23-46)47-33-37-52-45(40-47)32-36-58-54-38-34-48(41-59(54)53-26-10-11-28-57(53)64(52)58)66(61-30-16-13-25-51(61)44-20-6-2-7-21-44)49-35-39-56-55-27-14-17-31-62(55)67-63(56)42-49/h1-42H. The minimum absolute atomic E-state index is 0.862. The highest BCUT2D eigenvalue weighted by molar-refractivity contribution is 6.32. The number of hydrogen-bond donors (Lipinski definition) is 0. The first kappa shape index (κ1) is 38.5. The number of nitrogens with zero attached hydrogens (tertiary/aromatic N) is 2. The Morgan fingerprint density at radius 2 is 0.701 bits per heavy atom. The van der Waals surface area contributed by atoms with Gasteiger partial charge in [0.05, 0.1) is 11.4 Å². The Morgan fingerprint density at radius 1 is 0.254 bits per heavy atom. The van der Waals surface area contributed by atoms with Gasteiger partial charge in [0.15, 0.2) is 0 Å². The fourth-order valence-corrected chi connectivity index (χ4v) is 10.4. The van der Waals surface area contributed by atoms with Crippen LogP contribution in [0.2, 0.25) is 0 Å². The molecule has 0 aliphatic heterocycles. The topological polar surface area (TPSA) is 19.6 Å². The van der Waals surface area contributed by atoms with Gasteiger partial charge in [0, 0.05) is 50.7 Å². The van der Waals surface area contributed by atoms with Gasteiger partial charge in [-0.2, -0.15) is 0 Å². The molecule has 0 radical (unpaired) electrons. The molecular formula is C64H42N2O. The monoisotopic (exact) mass is 854 g/mol. The van der Waals surface area contributed by atoms with E-state index in [1.54, 1.807) is 0 Å². The first-order chi connectivity index (χ1) is 33.2. The molecule has 1 heterocycles. The van der Waals surface area contributed by atoms with Crippen molar-refractivity contribution in [1.82, 2.24) is 0 Å². The fraction of sp³-hybridized carbons (Fsp3) is 0. The summed E-state index contributed by atoms with van der Waals surface area (Å²) >= 11 is 0. The molecule has 0 saturated carbocycles. The van der Waals surface area contributed by atoms with Crippen LogP contribution in [0.3, 0.4) is 0 Å². The highest BCUT2D eigenvalue weighted by atomic mass is 16.3. The minimum atomic E-state index is 0.862. The summed E-state index contributed by atoms with van der Waals surface area (Å²) in [4.78, 5) is 4.78. The number of fused-ring (bicyclic) bond motifs is 11. The molecule has 12 aromatic carbocycles. The summed E-state index contributed by atoms with van der Waals surface area (Å²) in [5.41, 5.74) is 12.9. The van der Waals surface area contributed by atoms with Gasteiger partial charge < -0.3 is 14.2 Å². The normalized spacial score (nSPS) is 11.6. The number of anilines is 6. The highest BCUT2D eigenvalue weighted by Crippen LogP contribution is 2.47. The van der Waals surface area contributed by atoms with Crippen LogP contribution in [0.15, 0.2) is 259 Å². The van der Waals surface area contributed by atoms with Crippen LogP contribution in [0.4, 0.5) is 34.1 Å². The lowest BCUT2D eigenvalue weighted by Gasteiger charge is -2.28. The van der Waals surface area contributed by atoms with Crippen LogP contribution < -0.4 is 9.80 Å². The average molecular weight is 855 g/mol. The van der Waals surface area contributed by atoms with E-state index < -0.39 is 0 Å².